The summed E-state index contributed by atoms with van der Waals surface area (Å²) in [5.74, 6) is 1.72. The molecule has 1 aromatic carbocycles. The van der Waals surface area contributed by atoms with E-state index in [1.165, 1.54) is 56.9 Å². The zero-order valence-corrected chi connectivity index (χ0v) is 13.4. The summed E-state index contributed by atoms with van der Waals surface area (Å²) in [5.41, 5.74) is 1.48. The number of halogens is 1. The molecule has 1 nitrogen and oxygen atoms in total. The van der Waals surface area contributed by atoms with Crippen LogP contribution < -0.4 is 0 Å². The van der Waals surface area contributed by atoms with Crippen LogP contribution in [0.4, 0.5) is 0 Å². The molecule has 0 radical (unpaired) electrons. The molecule has 0 bridgehead atoms. The third kappa shape index (κ3) is 5.10. The number of ether oxygens (including phenoxy) is 1. The van der Waals surface area contributed by atoms with E-state index in [9.17, 15) is 0 Å². The molecule has 0 N–H and O–H groups in total. The van der Waals surface area contributed by atoms with E-state index < -0.39 is 0 Å². The molecule has 1 aromatic rings. The second-order valence-corrected chi connectivity index (χ2v) is 6.55. The fourth-order valence-electron chi connectivity index (χ4n) is 3.38. The van der Waals surface area contributed by atoms with E-state index in [4.69, 9.17) is 16.3 Å². The third-order valence-electron chi connectivity index (χ3n) is 4.65. The van der Waals surface area contributed by atoms with Gasteiger partial charge in [0, 0.05) is 18.7 Å². The predicted octanol–water partition coefficient (Wildman–Crippen LogP) is 5.82. The molecule has 0 aromatic heterocycles. The standard InChI is InChI=1S/C18H27ClO/c1-20-14-4-2-3-5-15-6-8-16(9-7-15)17-10-12-18(19)13-11-17/h10-13,15-16H,2-9,14H2,1H3. The Bertz CT molecular complexity index is 366. The first-order valence-electron chi connectivity index (χ1n) is 8.04. The molecule has 20 heavy (non-hydrogen) atoms. The molecule has 0 unspecified atom stereocenters. The SMILES string of the molecule is COCCCCCC1CCC(c2ccc(Cl)cc2)CC1. The summed E-state index contributed by atoms with van der Waals surface area (Å²) in [6.07, 6.45) is 10.8. The molecular formula is C18H27ClO. The Balaban J connectivity index is 1.66. The van der Waals surface area contributed by atoms with Crippen molar-refractivity contribution in [3.05, 3.63) is 34.9 Å². The molecule has 1 saturated carbocycles. The lowest BCUT2D eigenvalue weighted by molar-refractivity contribution is 0.190. The van der Waals surface area contributed by atoms with Crippen LogP contribution in [0.3, 0.4) is 0 Å². The molecular weight excluding hydrogens is 268 g/mol. The van der Waals surface area contributed by atoms with Crippen molar-refractivity contribution in [2.75, 3.05) is 13.7 Å². The van der Waals surface area contributed by atoms with Gasteiger partial charge in [0.1, 0.15) is 0 Å². The van der Waals surface area contributed by atoms with Gasteiger partial charge < -0.3 is 4.74 Å². The average Bonchev–Trinajstić information content (AvgIpc) is 2.49. The highest BCUT2D eigenvalue weighted by Crippen LogP contribution is 2.37. The number of benzene rings is 1. The average molecular weight is 295 g/mol. The lowest BCUT2D eigenvalue weighted by atomic mass is 9.77. The third-order valence-corrected chi connectivity index (χ3v) is 4.90. The fraction of sp³-hybridized carbons (Fsp3) is 0.667. The lowest BCUT2D eigenvalue weighted by Gasteiger charge is -2.29. The quantitative estimate of drug-likeness (QED) is 0.576. The Morgan fingerprint density at radius 2 is 1.70 bits per heavy atom. The summed E-state index contributed by atoms with van der Waals surface area (Å²) in [5, 5.41) is 0.846. The van der Waals surface area contributed by atoms with Gasteiger partial charge in [-0.2, -0.15) is 0 Å². The van der Waals surface area contributed by atoms with Gasteiger partial charge in [-0.25, -0.2) is 0 Å². The van der Waals surface area contributed by atoms with Crippen molar-refractivity contribution in [2.24, 2.45) is 5.92 Å². The van der Waals surface area contributed by atoms with Gasteiger partial charge in [-0.15, -0.1) is 0 Å². The van der Waals surface area contributed by atoms with Gasteiger partial charge in [-0.1, -0.05) is 43.0 Å². The molecule has 0 saturated heterocycles. The van der Waals surface area contributed by atoms with Crippen molar-refractivity contribution >= 4 is 11.6 Å². The first-order chi connectivity index (χ1) is 9.79. The Morgan fingerprint density at radius 3 is 2.35 bits per heavy atom. The fourth-order valence-corrected chi connectivity index (χ4v) is 3.50. The van der Waals surface area contributed by atoms with Crippen LogP contribution in [0.1, 0.15) is 62.8 Å². The first-order valence-corrected chi connectivity index (χ1v) is 8.42. The van der Waals surface area contributed by atoms with Crippen LogP contribution in [-0.4, -0.2) is 13.7 Å². The second kappa shape index (κ2) is 8.69. The van der Waals surface area contributed by atoms with E-state index in [1.807, 2.05) is 12.1 Å². The minimum atomic E-state index is 0.761. The number of hydrogen-bond donors (Lipinski definition) is 0. The van der Waals surface area contributed by atoms with Crippen molar-refractivity contribution in [1.29, 1.82) is 0 Å². The highest BCUT2D eigenvalue weighted by Gasteiger charge is 2.21. The van der Waals surface area contributed by atoms with E-state index in [0.717, 1.165) is 23.5 Å². The summed E-state index contributed by atoms with van der Waals surface area (Å²) >= 11 is 5.96. The zero-order chi connectivity index (χ0) is 14.2. The van der Waals surface area contributed by atoms with Crippen LogP contribution in [0.15, 0.2) is 24.3 Å². The van der Waals surface area contributed by atoms with Gasteiger partial charge >= 0.3 is 0 Å². The van der Waals surface area contributed by atoms with Gasteiger partial charge in [0.05, 0.1) is 0 Å². The molecule has 2 heteroatoms. The van der Waals surface area contributed by atoms with Gasteiger partial charge in [0.15, 0.2) is 0 Å². The van der Waals surface area contributed by atoms with E-state index >= 15 is 0 Å². The van der Waals surface area contributed by atoms with Crippen molar-refractivity contribution in [1.82, 2.24) is 0 Å². The minimum Gasteiger partial charge on any atom is -0.385 e. The maximum atomic E-state index is 5.96. The molecule has 0 atom stereocenters. The van der Waals surface area contributed by atoms with Crippen LogP contribution in [0, 0.1) is 5.92 Å². The number of hydrogen-bond acceptors (Lipinski definition) is 1. The number of rotatable bonds is 7. The molecule has 1 aliphatic carbocycles. The van der Waals surface area contributed by atoms with E-state index in [2.05, 4.69) is 12.1 Å². The van der Waals surface area contributed by atoms with Crippen LogP contribution in [0.2, 0.25) is 5.02 Å². The second-order valence-electron chi connectivity index (χ2n) is 6.11. The van der Waals surface area contributed by atoms with Crippen LogP contribution >= 0.6 is 11.6 Å². The predicted molar refractivity (Wildman–Crippen MR) is 86.5 cm³/mol. The number of unbranched alkanes of at least 4 members (excludes halogenated alkanes) is 2. The summed E-state index contributed by atoms with van der Waals surface area (Å²) in [7, 11) is 1.79. The summed E-state index contributed by atoms with van der Waals surface area (Å²) in [6.45, 7) is 0.920. The minimum absolute atomic E-state index is 0.761. The monoisotopic (exact) mass is 294 g/mol. The van der Waals surface area contributed by atoms with Crippen LogP contribution in [0.5, 0.6) is 0 Å². The largest absolute Gasteiger partial charge is 0.385 e. The smallest absolute Gasteiger partial charge is 0.0462 e. The van der Waals surface area contributed by atoms with Crippen molar-refractivity contribution in [3.8, 4) is 0 Å². The molecule has 1 fully saturated rings. The number of methoxy groups -OCH3 is 1. The normalized spacial score (nSPS) is 22.9. The summed E-state index contributed by atoms with van der Waals surface area (Å²) in [4.78, 5) is 0. The van der Waals surface area contributed by atoms with Crippen molar-refractivity contribution < 1.29 is 4.74 Å². The van der Waals surface area contributed by atoms with Gasteiger partial charge in [-0.05, 0) is 61.6 Å². The Morgan fingerprint density at radius 1 is 1.00 bits per heavy atom. The Labute approximate surface area is 128 Å². The highest BCUT2D eigenvalue weighted by atomic mass is 35.5. The maximum Gasteiger partial charge on any atom is 0.0462 e. The Kier molecular flexibility index (Phi) is 6.89. The van der Waals surface area contributed by atoms with Gasteiger partial charge in [0.25, 0.3) is 0 Å². The molecule has 0 amide bonds. The summed E-state index contributed by atoms with van der Waals surface area (Å²) < 4.78 is 5.10. The van der Waals surface area contributed by atoms with Gasteiger partial charge in [-0.3, -0.25) is 0 Å². The topological polar surface area (TPSA) is 9.23 Å². The summed E-state index contributed by atoms with van der Waals surface area (Å²) in [6, 6.07) is 8.47. The van der Waals surface area contributed by atoms with Crippen LogP contribution in [0.25, 0.3) is 0 Å². The van der Waals surface area contributed by atoms with Crippen LogP contribution in [-0.2, 0) is 4.74 Å². The highest BCUT2D eigenvalue weighted by molar-refractivity contribution is 6.30. The van der Waals surface area contributed by atoms with Crippen molar-refractivity contribution in [3.63, 3.8) is 0 Å². The molecule has 112 valence electrons. The van der Waals surface area contributed by atoms with Crippen molar-refractivity contribution in [2.45, 2.75) is 57.3 Å². The first kappa shape index (κ1) is 15.9. The lowest BCUT2D eigenvalue weighted by Crippen LogP contribution is -2.13. The van der Waals surface area contributed by atoms with Gasteiger partial charge in [0.2, 0.25) is 0 Å². The molecule has 0 aliphatic heterocycles. The Hall–Kier alpha value is -0.530. The molecule has 0 spiro atoms. The molecule has 0 heterocycles. The van der Waals surface area contributed by atoms with E-state index in [0.29, 0.717) is 0 Å². The molecule has 1 aliphatic rings. The zero-order valence-electron chi connectivity index (χ0n) is 12.6. The van der Waals surface area contributed by atoms with E-state index in [1.54, 1.807) is 7.11 Å². The van der Waals surface area contributed by atoms with E-state index in [-0.39, 0.29) is 0 Å². The maximum absolute atomic E-state index is 5.96. The molecule has 2 rings (SSSR count).